The van der Waals surface area contributed by atoms with E-state index < -0.39 is 11.7 Å². The summed E-state index contributed by atoms with van der Waals surface area (Å²) in [6, 6.07) is 1.85. The molecule has 2 aromatic heterocycles. The minimum Gasteiger partial charge on any atom is -0.349 e. The predicted molar refractivity (Wildman–Crippen MR) is 55.5 cm³/mol. The summed E-state index contributed by atoms with van der Waals surface area (Å²) in [5, 5.41) is 9.85. The number of amides is 1. The van der Waals surface area contributed by atoms with Crippen LogP contribution in [0.2, 0.25) is 0 Å². The molecule has 1 N–H and O–H groups in total. The third-order valence-corrected chi connectivity index (χ3v) is 2.30. The number of fused-ring (bicyclic) bond motifs is 1. The first-order valence-corrected chi connectivity index (χ1v) is 5.03. The van der Waals surface area contributed by atoms with Gasteiger partial charge in [0.15, 0.2) is 11.5 Å². The number of carbonyl (C=O) groups excluding carboxylic acids is 1. The molecule has 8 heteroatoms. The third-order valence-electron chi connectivity index (χ3n) is 2.30. The number of pyridine rings is 1. The highest BCUT2D eigenvalue weighted by atomic mass is 19.4. The maximum atomic E-state index is 12.5. The van der Waals surface area contributed by atoms with Gasteiger partial charge in [0.2, 0.25) is 5.91 Å². The second-order valence-electron chi connectivity index (χ2n) is 3.67. The topological polar surface area (TPSA) is 59.3 Å². The summed E-state index contributed by atoms with van der Waals surface area (Å²) in [6.45, 7) is 1.45. The van der Waals surface area contributed by atoms with Gasteiger partial charge in [0.05, 0.1) is 12.1 Å². The number of rotatable bonds is 2. The minimum absolute atomic E-state index is 0.0881. The van der Waals surface area contributed by atoms with Crippen molar-refractivity contribution in [3.63, 3.8) is 0 Å². The van der Waals surface area contributed by atoms with E-state index >= 15 is 0 Å². The molecule has 2 heterocycles. The number of hydrogen-bond donors (Lipinski definition) is 1. The second kappa shape index (κ2) is 4.28. The lowest BCUT2D eigenvalue weighted by molar-refractivity contribution is -0.137. The summed E-state index contributed by atoms with van der Waals surface area (Å²) in [5.41, 5.74) is -0.696. The van der Waals surface area contributed by atoms with Gasteiger partial charge in [0, 0.05) is 13.1 Å². The average molecular weight is 258 g/mol. The third kappa shape index (κ3) is 2.41. The van der Waals surface area contributed by atoms with E-state index in [1.54, 1.807) is 0 Å². The minimum atomic E-state index is -4.41. The molecule has 0 fully saturated rings. The molecular weight excluding hydrogens is 249 g/mol. The lowest BCUT2D eigenvalue weighted by Gasteiger charge is -2.06. The van der Waals surface area contributed by atoms with Gasteiger partial charge in [-0.1, -0.05) is 0 Å². The van der Waals surface area contributed by atoms with Crippen molar-refractivity contribution in [2.24, 2.45) is 0 Å². The molecule has 0 unspecified atom stereocenters. The predicted octanol–water partition coefficient (Wildman–Crippen LogP) is 1.38. The largest absolute Gasteiger partial charge is 0.416 e. The number of aromatic nitrogens is 3. The molecule has 0 radical (unpaired) electrons. The van der Waals surface area contributed by atoms with Crippen LogP contribution in [0.25, 0.3) is 5.65 Å². The zero-order valence-corrected chi connectivity index (χ0v) is 9.32. The smallest absolute Gasteiger partial charge is 0.349 e. The molecular formula is C10H9F3N4O. The van der Waals surface area contributed by atoms with E-state index in [0.717, 1.165) is 12.1 Å². The van der Waals surface area contributed by atoms with Crippen LogP contribution in [0.4, 0.5) is 13.2 Å². The van der Waals surface area contributed by atoms with Crippen LogP contribution in [0.5, 0.6) is 0 Å². The van der Waals surface area contributed by atoms with Crippen molar-refractivity contribution in [2.75, 3.05) is 0 Å². The second-order valence-corrected chi connectivity index (χ2v) is 3.67. The van der Waals surface area contributed by atoms with Crippen LogP contribution >= 0.6 is 0 Å². The molecule has 0 aliphatic carbocycles. The molecule has 0 spiro atoms. The summed E-state index contributed by atoms with van der Waals surface area (Å²) in [5.74, 6) is 0.118. The molecule has 0 bridgehead atoms. The quantitative estimate of drug-likeness (QED) is 0.885. The standard InChI is InChI=1S/C10H9F3N4O/c1-6(18)14-5-9-16-15-8-4-7(10(11,12)13)2-3-17(8)9/h2-4H,5H2,1H3,(H,14,18). The van der Waals surface area contributed by atoms with E-state index in [1.165, 1.54) is 17.5 Å². The summed E-state index contributed by atoms with van der Waals surface area (Å²) in [7, 11) is 0. The summed E-state index contributed by atoms with van der Waals surface area (Å²) in [6.07, 6.45) is -3.18. The van der Waals surface area contributed by atoms with Crippen LogP contribution in [0, 0.1) is 0 Å². The molecule has 0 saturated heterocycles. The van der Waals surface area contributed by atoms with Crippen molar-refractivity contribution in [3.8, 4) is 0 Å². The first-order chi connectivity index (χ1) is 8.38. The molecule has 2 rings (SSSR count). The highest BCUT2D eigenvalue weighted by molar-refractivity contribution is 5.72. The van der Waals surface area contributed by atoms with E-state index in [9.17, 15) is 18.0 Å². The average Bonchev–Trinajstić information content (AvgIpc) is 2.67. The molecule has 5 nitrogen and oxygen atoms in total. The number of halogens is 3. The van der Waals surface area contributed by atoms with Crippen LogP contribution in [0.15, 0.2) is 18.3 Å². The number of carbonyl (C=O) groups is 1. The Morgan fingerprint density at radius 1 is 1.44 bits per heavy atom. The fourth-order valence-electron chi connectivity index (χ4n) is 1.44. The van der Waals surface area contributed by atoms with Gasteiger partial charge in [-0.05, 0) is 12.1 Å². The van der Waals surface area contributed by atoms with Gasteiger partial charge in [-0.3, -0.25) is 9.20 Å². The molecule has 96 valence electrons. The molecule has 2 aromatic rings. The molecule has 0 aliphatic heterocycles. The Hall–Kier alpha value is -2.12. The molecule has 0 atom stereocenters. The maximum Gasteiger partial charge on any atom is 0.416 e. The maximum absolute atomic E-state index is 12.5. The summed E-state index contributed by atoms with van der Waals surface area (Å²) >= 11 is 0. The van der Waals surface area contributed by atoms with E-state index in [4.69, 9.17) is 0 Å². The Morgan fingerprint density at radius 3 is 2.78 bits per heavy atom. The first-order valence-electron chi connectivity index (χ1n) is 5.03. The van der Waals surface area contributed by atoms with Crippen molar-refractivity contribution in [1.82, 2.24) is 19.9 Å². The van der Waals surface area contributed by atoms with E-state index in [1.807, 2.05) is 0 Å². The summed E-state index contributed by atoms with van der Waals surface area (Å²) < 4.78 is 38.8. The van der Waals surface area contributed by atoms with Crippen LogP contribution < -0.4 is 5.32 Å². The van der Waals surface area contributed by atoms with Gasteiger partial charge in [0.1, 0.15) is 0 Å². The SMILES string of the molecule is CC(=O)NCc1nnc2cc(C(F)(F)F)ccn12. The molecule has 0 aromatic carbocycles. The molecule has 18 heavy (non-hydrogen) atoms. The number of alkyl halides is 3. The first kappa shape index (κ1) is 12.3. The fraction of sp³-hybridized carbons (Fsp3) is 0.300. The monoisotopic (exact) mass is 258 g/mol. The van der Waals surface area contributed by atoms with Gasteiger partial charge in [0.25, 0.3) is 0 Å². The molecule has 0 aliphatic rings. The molecule has 0 saturated carbocycles. The van der Waals surface area contributed by atoms with E-state index in [-0.39, 0.29) is 18.1 Å². The van der Waals surface area contributed by atoms with E-state index in [0.29, 0.717) is 5.82 Å². The van der Waals surface area contributed by atoms with Crippen LogP contribution in [0.3, 0.4) is 0 Å². The Kier molecular flexibility index (Phi) is 2.93. The van der Waals surface area contributed by atoms with Crippen molar-refractivity contribution >= 4 is 11.6 Å². The molecule has 1 amide bonds. The van der Waals surface area contributed by atoms with E-state index in [2.05, 4.69) is 15.5 Å². The van der Waals surface area contributed by atoms with Crippen molar-refractivity contribution < 1.29 is 18.0 Å². The lowest BCUT2D eigenvalue weighted by Crippen LogP contribution is -2.20. The van der Waals surface area contributed by atoms with Gasteiger partial charge < -0.3 is 5.32 Å². The fourth-order valence-corrected chi connectivity index (χ4v) is 1.44. The Bertz CT molecular complexity index is 590. The highest BCUT2D eigenvalue weighted by Crippen LogP contribution is 2.29. The van der Waals surface area contributed by atoms with Crippen molar-refractivity contribution in [1.29, 1.82) is 0 Å². The number of nitrogens with zero attached hydrogens (tertiary/aromatic N) is 3. The zero-order valence-electron chi connectivity index (χ0n) is 9.32. The van der Waals surface area contributed by atoms with Crippen molar-refractivity contribution in [2.45, 2.75) is 19.6 Å². The number of nitrogens with one attached hydrogen (secondary N) is 1. The van der Waals surface area contributed by atoms with Gasteiger partial charge in [-0.2, -0.15) is 13.2 Å². The van der Waals surface area contributed by atoms with Gasteiger partial charge >= 0.3 is 6.18 Å². The van der Waals surface area contributed by atoms with Crippen LogP contribution in [-0.2, 0) is 17.5 Å². The van der Waals surface area contributed by atoms with Crippen molar-refractivity contribution in [3.05, 3.63) is 29.7 Å². The Labute approximate surface area is 99.6 Å². The zero-order chi connectivity index (χ0) is 13.3. The highest BCUT2D eigenvalue weighted by Gasteiger charge is 2.30. The van der Waals surface area contributed by atoms with Crippen LogP contribution in [0.1, 0.15) is 18.3 Å². The van der Waals surface area contributed by atoms with Gasteiger partial charge in [-0.15, -0.1) is 10.2 Å². The van der Waals surface area contributed by atoms with Crippen LogP contribution in [-0.4, -0.2) is 20.5 Å². The normalized spacial score (nSPS) is 11.8. The number of hydrogen-bond acceptors (Lipinski definition) is 3. The Morgan fingerprint density at radius 2 is 2.17 bits per heavy atom. The summed E-state index contributed by atoms with van der Waals surface area (Å²) in [4.78, 5) is 10.7. The lowest BCUT2D eigenvalue weighted by atomic mass is 10.2. The Balaban J connectivity index is 2.35. The van der Waals surface area contributed by atoms with Gasteiger partial charge in [-0.25, -0.2) is 0 Å².